The van der Waals surface area contributed by atoms with Crippen LogP contribution in [0.4, 0.5) is 0 Å². The summed E-state index contributed by atoms with van der Waals surface area (Å²) in [6.45, 7) is 1.27. The van der Waals surface area contributed by atoms with Crippen LogP contribution in [0.1, 0.15) is 5.56 Å². The molecule has 3 heterocycles. The van der Waals surface area contributed by atoms with E-state index in [1.807, 2.05) is 24.4 Å². The molecule has 2 aromatic heterocycles. The fourth-order valence-corrected chi connectivity index (χ4v) is 2.04. The molecular formula is C12H11ClN2O2. The molecule has 88 valence electrons. The molecule has 0 unspecified atom stereocenters. The van der Waals surface area contributed by atoms with Gasteiger partial charge >= 0.3 is 0 Å². The highest BCUT2D eigenvalue weighted by Crippen LogP contribution is 2.26. The fraction of sp³-hybridized carbons (Fsp3) is 0.250. The van der Waals surface area contributed by atoms with Crippen molar-refractivity contribution in [1.82, 2.24) is 9.97 Å². The summed E-state index contributed by atoms with van der Waals surface area (Å²) < 4.78 is 10.6. The molecule has 4 nitrogen and oxygen atoms in total. The normalized spacial score (nSPS) is 17.5. The van der Waals surface area contributed by atoms with Crippen molar-refractivity contribution in [3.05, 3.63) is 35.1 Å². The van der Waals surface area contributed by atoms with Crippen LogP contribution in [0.15, 0.2) is 24.5 Å². The Kier molecular flexibility index (Phi) is 2.84. The number of nitrogens with one attached hydrogen (secondary N) is 1. The van der Waals surface area contributed by atoms with Crippen LogP contribution in [0.25, 0.3) is 17.1 Å². The summed E-state index contributed by atoms with van der Waals surface area (Å²) in [5.74, 6) is 0. The van der Waals surface area contributed by atoms with Crippen LogP contribution in [-0.4, -0.2) is 29.5 Å². The standard InChI is InChI=1S/C12H11ClN2O2/c13-11-8(1-2-10-16-5-6-17-10)7-15-12-9(11)3-4-14-12/h1-4,7,10H,5-6H2,(H,14,15). The lowest BCUT2D eigenvalue weighted by Gasteiger charge is -2.03. The number of hydrogen-bond acceptors (Lipinski definition) is 3. The average Bonchev–Trinajstić information content (AvgIpc) is 2.99. The molecule has 5 heteroatoms. The number of ether oxygens (including phenoxy) is 2. The monoisotopic (exact) mass is 250 g/mol. The first-order valence-electron chi connectivity index (χ1n) is 5.37. The van der Waals surface area contributed by atoms with Crippen LogP contribution in [0.5, 0.6) is 0 Å². The van der Waals surface area contributed by atoms with Crippen LogP contribution >= 0.6 is 11.6 Å². The highest BCUT2D eigenvalue weighted by Gasteiger charge is 2.12. The number of H-pyrrole nitrogens is 1. The van der Waals surface area contributed by atoms with Gasteiger partial charge in [0.25, 0.3) is 0 Å². The average molecular weight is 251 g/mol. The Morgan fingerprint density at radius 1 is 1.41 bits per heavy atom. The molecule has 0 amide bonds. The Balaban J connectivity index is 1.91. The highest BCUT2D eigenvalue weighted by atomic mass is 35.5. The number of rotatable bonds is 2. The minimum absolute atomic E-state index is 0.270. The molecule has 1 aliphatic heterocycles. The SMILES string of the molecule is Clc1c(C=CC2OCCO2)cnc2[nH]ccc12. The maximum atomic E-state index is 6.28. The maximum absolute atomic E-state index is 6.28. The second kappa shape index (κ2) is 4.49. The van der Waals surface area contributed by atoms with Gasteiger partial charge in [0.1, 0.15) is 5.65 Å². The molecule has 3 rings (SSSR count). The van der Waals surface area contributed by atoms with Gasteiger partial charge in [-0.05, 0) is 12.1 Å². The van der Waals surface area contributed by atoms with Crippen molar-refractivity contribution in [3.63, 3.8) is 0 Å². The number of aromatic amines is 1. The first-order valence-corrected chi connectivity index (χ1v) is 5.75. The number of halogens is 1. The van der Waals surface area contributed by atoms with Crippen molar-refractivity contribution in [3.8, 4) is 0 Å². The summed E-state index contributed by atoms with van der Waals surface area (Å²) in [7, 11) is 0. The van der Waals surface area contributed by atoms with E-state index >= 15 is 0 Å². The zero-order chi connectivity index (χ0) is 11.7. The Morgan fingerprint density at radius 2 is 2.24 bits per heavy atom. The minimum Gasteiger partial charge on any atom is -0.347 e. The second-order valence-corrected chi connectivity index (χ2v) is 4.11. The minimum atomic E-state index is -0.270. The lowest BCUT2D eigenvalue weighted by atomic mass is 10.2. The third-order valence-corrected chi connectivity index (χ3v) is 3.05. The van der Waals surface area contributed by atoms with E-state index in [1.165, 1.54) is 0 Å². The van der Waals surface area contributed by atoms with E-state index in [0.29, 0.717) is 18.2 Å². The Hall–Kier alpha value is -1.36. The molecular weight excluding hydrogens is 240 g/mol. The van der Waals surface area contributed by atoms with Crippen LogP contribution in [0, 0.1) is 0 Å². The number of pyridine rings is 1. The highest BCUT2D eigenvalue weighted by molar-refractivity contribution is 6.36. The largest absolute Gasteiger partial charge is 0.347 e. The van der Waals surface area contributed by atoms with E-state index in [0.717, 1.165) is 16.6 Å². The van der Waals surface area contributed by atoms with Crippen molar-refractivity contribution in [2.24, 2.45) is 0 Å². The van der Waals surface area contributed by atoms with E-state index in [2.05, 4.69) is 9.97 Å². The lowest BCUT2D eigenvalue weighted by Crippen LogP contribution is -2.01. The molecule has 0 radical (unpaired) electrons. The zero-order valence-corrected chi connectivity index (χ0v) is 9.78. The van der Waals surface area contributed by atoms with Crippen molar-refractivity contribution in [1.29, 1.82) is 0 Å². The van der Waals surface area contributed by atoms with Crippen LogP contribution < -0.4 is 0 Å². The molecule has 0 aliphatic carbocycles. The smallest absolute Gasteiger partial charge is 0.177 e. The Morgan fingerprint density at radius 3 is 3.06 bits per heavy atom. The third-order valence-electron chi connectivity index (χ3n) is 2.63. The summed E-state index contributed by atoms with van der Waals surface area (Å²) in [6, 6.07) is 1.91. The van der Waals surface area contributed by atoms with Crippen molar-refractivity contribution >= 4 is 28.7 Å². The summed E-state index contributed by atoms with van der Waals surface area (Å²) >= 11 is 6.28. The molecule has 17 heavy (non-hydrogen) atoms. The predicted molar refractivity (Wildman–Crippen MR) is 65.8 cm³/mol. The molecule has 1 N–H and O–H groups in total. The van der Waals surface area contributed by atoms with Gasteiger partial charge in [-0.1, -0.05) is 17.7 Å². The van der Waals surface area contributed by atoms with Gasteiger partial charge in [-0.2, -0.15) is 0 Å². The zero-order valence-electron chi connectivity index (χ0n) is 9.02. The van der Waals surface area contributed by atoms with Crippen LogP contribution in [0.3, 0.4) is 0 Å². The van der Waals surface area contributed by atoms with Crippen molar-refractivity contribution < 1.29 is 9.47 Å². The number of hydrogen-bond donors (Lipinski definition) is 1. The fourth-order valence-electron chi connectivity index (χ4n) is 1.78. The van der Waals surface area contributed by atoms with Gasteiger partial charge < -0.3 is 14.5 Å². The molecule has 1 fully saturated rings. The third kappa shape index (κ3) is 2.07. The molecule has 2 aromatic rings. The quantitative estimate of drug-likeness (QED) is 0.891. The van der Waals surface area contributed by atoms with E-state index < -0.39 is 0 Å². The summed E-state index contributed by atoms with van der Waals surface area (Å²) in [4.78, 5) is 7.29. The maximum Gasteiger partial charge on any atom is 0.177 e. The summed E-state index contributed by atoms with van der Waals surface area (Å²) in [6.07, 6.45) is 6.99. The van der Waals surface area contributed by atoms with Crippen molar-refractivity contribution in [2.75, 3.05) is 13.2 Å². The molecule has 0 aromatic carbocycles. The number of nitrogens with zero attached hydrogens (tertiary/aromatic N) is 1. The van der Waals surface area contributed by atoms with Gasteiger partial charge in [0.05, 0.1) is 18.2 Å². The summed E-state index contributed by atoms with van der Waals surface area (Å²) in [5.41, 5.74) is 1.65. The molecule has 1 aliphatic rings. The first-order chi connectivity index (χ1) is 8.34. The van der Waals surface area contributed by atoms with Gasteiger partial charge in [0, 0.05) is 23.3 Å². The topological polar surface area (TPSA) is 47.1 Å². The molecule has 1 saturated heterocycles. The molecule has 0 bridgehead atoms. The van der Waals surface area contributed by atoms with Crippen LogP contribution in [0.2, 0.25) is 5.02 Å². The van der Waals surface area contributed by atoms with E-state index in [4.69, 9.17) is 21.1 Å². The Bertz CT molecular complexity index is 559. The van der Waals surface area contributed by atoms with E-state index in [-0.39, 0.29) is 6.29 Å². The van der Waals surface area contributed by atoms with Gasteiger partial charge in [0.15, 0.2) is 6.29 Å². The van der Waals surface area contributed by atoms with Gasteiger partial charge in [-0.15, -0.1) is 0 Å². The number of aromatic nitrogens is 2. The van der Waals surface area contributed by atoms with Crippen LogP contribution in [-0.2, 0) is 9.47 Å². The molecule has 0 atom stereocenters. The summed E-state index contributed by atoms with van der Waals surface area (Å²) in [5, 5.41) is 1.60. The van der Waals surface area contributed by atoms with Crippen molar-refractivity contribution in [2.45, 2.75) is 6.29 Å². The van der Waals surface area contributed by atoms with E-state index in [1.54, 1.807) is 6.20 Å². The first kappa shape index (κ1) is 10.8. The van der Waals surface area contributed by atoms with Gasteiger partial charge in [0.2, 0.25) is 0 Å². The van der Waals surface area contributed by atoms with Gasteiger partial charge in [-0.25, -0.2) is 4.98 Å². The molecule has 0 spiro atoms. The number of fused-ring (bicyclic) bond motifs is 1. The predicted octanol–water partition coefficient (Wildman–Crippen LogP) is 2.60. The van der Waals surface area contributed by atoms with E-state index in [9.17, 15) is 0 Å². The second-order valence-electron chi connectivity index (χ2n) is 3.74. The lowest BCUT2D eigenvalue weighted by molar-refractivity contribution is -0.000907. The molecule has 0 saturated carbocycles. The van der Waals surface area contributed by atoms with Gasteiger partial charge in [-0.3, -0.25) is 0 Å². The Labute approximate surface area is 103 Å².